The largest absolute Gasteiger partial charge is 0.313 e. The fourth-order valence-corrected chi connectivity index (χ4v) is 4.60. The molecule has 2 rings (SSSR count). The van der Waals surface area contributed by atoms with Gasteiger partial charge in [-0.15, -0.1) is 10.2 Å². The van der Waals surface area contributed by atoms with E-state index in [2.05, 4.69) is 15.5 Å². The molecule has 0 atom stereocenters. The van der Waals surface area contributed by atoms with E-state index >= 15 is 0 Å². The average Bonchev–Trinajstić information content (AvgIpc) is 2.70. The third-order valence-corrected chi connectivity index (χ3v) is 6.21. The van der Waals surface area contributed by atoms with Crippen LogP contribution in [-0.4, -0.2) is 34.8 Å². The van der Waals surface area contributed by atoms with E-state index in [0.29, 0.717) is 0 Å². The van der Waals surface area contributed by atoms with Crippen LogP contribution in [0.4, 0.5) is 0 Å². The van der Waals surface area contributed by atoms with Crippen molar-refractivity contribution in [3.8, 4) is 0 Å². The lowest BCUT2D eigenvalue weighted by molar-refractivity contribution is 0.474. The highest BCUT2D eigenvalue weighted by Crippen LogP contribution is 2.27. The molecule has 0 bridgehead atoms. The molecule has 0 unspecified atom stereocenters. The maximum absolute atomic E-state index is 4.17. The van der Waals surface area contributed by atoms with Gasteiger partial charge in [0.2, 0.25) is 0 Å². The smallest absolute Gasteiger partial charge is 0.175 e. The molecule has 18 heavy (non-hydrogen) atoms. The Morgan fingerprint density at radius 1 is 1.17 bits per heavy atom. The Bertz CT molecular complexity index is 335. The molecular weight excluding hydrogens is 282 g/mol. The first-order chi connectivity index (χ1) is 8.88. The predicted molar refractivity (Wildman–Crippen MR) is 81.9 cm³/mol. The minimum Gasteiger partial charge on any atom is -0.313 e. The van der Waals surface area contributed by atoms with Crippen molar-refractivity contribution in [3.05, 3.63) is 0 Å². The van der Waals surface area contributed by atoms with Crippen molar-refractivity contribution in [1.82, 2.24) is 15.5 Å². The van der Waals surface area contributed by atoms with E-state index in [1.807, 2.05) is 18.0 Å². The van der Waals surface area contributed by atoms with Crippen molar-refractivity contribution in [3.63, 3.8) is 0 Å². The predicted octanol–water partition coefficient (Wildman–Crippen LogP) is 3.66. The summed E-state index contributed by atoms with van der Waals surface area (Å²) in [5, 5.41) is 12.0. The van der Waals surface area contributed by atoms with E-state index in [-0.39, 0.29) is 0 Å². The molecular formula is C12H21N3S3. The summed E-state index contributed by atoms with van der Waals surface area (Å²) in [6.07, 6.45) is 10.4. The van der Waals surface area contributed by atoms with Crippen LogP contribution in [0.2, 0.25) is 0 Å². The maximum atomic E-state index is 4.17. The highest BCUT2D eigenvalue weighted by atomic mass is 32.2. The third-order valence-electron chi connectivity index (χ3n) is 3.18. The lowest BCUT2D eigenvalue weighted by Crippen LogP contribution is -2.30. The fraction of sp³-hybridized carbons (Fsp3) is 0.833. The van der Waals surface area contributed by atoms with Crippen LogP contribution in [0.3, 0.4) is 0 Å². The minimum absolute atomic E-state index is 0.754. The number of nitrogens with one attached hydrogen (secondary N) is 1. The fourth-order valence-electron chi connectivity index (χ4n) is 2.22. The number of rotatable bonds is 6. The molecule has 1 fully saturated rings. The topological polar surface area (TPSA) is 37.8 Å². The number of thioether (sulfide) groups is 2. The van der Waals surface area contributed by atoms with Crippen molar-refractivity contribution < 1.29 is 0 Å². The molecule has 0 radical (unpaired) electrons. The van der Waals surface area contributed by atoms with Crippen molar-refractivity contribution in [2.24, 2.45) is 0 Å². The molecule has 3 nitrogen and oxygen atoms in total. The van der Waals surface area contributed by atoms with Gasteiger partial charge in [0.1, 0.15) is 0 Å². The number of nitrogens with zero attached hydrogens (tertiary/aromatic N) is 2. The zero-order valence-electron chi connectivity index (χ0n) is 10.9. The Morgan fingerprint density at radius 2 is 1.89 bits per heavy atom. The van der Waals surface area contributed by atoms with Gasteiger partial charge in [-0.1, -0.05) is 60.5 Å². The van der Waals surface area contributed by atoms with E-state index in [1.54, 1.807) is 23.1 Å². The quantitative estimate of drug-likeness (QED) is 0.493. The van der Waals surface area contributed by atoms with Gasteiger partial charge in [0.15, 0.2) is 8.68 Å². The van der Waals surface area contributed by atoms with Gasteiger partial charge < -0.3 is 5.32 Å². The molecule has 1 aliphatic carbocycles. The van der Waals surface area contributed by atoms with Gasteiger partial charge in [0.05, 0.1) is 0 Å². The Kier molecular flexibility index (Phi) is 6.83. The van der Waals surface area contributed by atoms with E-state index in [1.165, 1.54) is 38.5 Å². The van der Waals surface area contributed by atoms with Crippen LogP contribution >= 0.6 is 34.9 Å². The molecule has 0 amide bonds. The van der Waals surface area contributed by atoms with Gasteiger partial charge >= 0.3 is 0 Å². The molecule has 1 aliphatic rings. The lowest BCUT2D eigenvalue weighted by atomic mass is 10.1. The van der Waals surface area contributed by atoms with Crippen molar-refractivity contribution in [1.29, 1.82) is 0 Å². The summed E-state index contributed by atoms with van der Waals surface area (Å²) >= 11 is 5.19. The van der Waals surface area contributed by atoms with Crippen LogP contribution in [0, 0.1) is 0 Å². The second-order valence-corrected chi connectivity index (χ2v) is 7.90. The summed E-state index contributed by atoms with van der Waals surface area (Å²) in [6, 6.07) is 0.754. The van der Waals surface area contributed by atoms with Crippen LogP contribution < -0.4 is 5.32 Å². The maximum Gasteiger partial charge on any atom is 0.175 e. The first-order valence-electron chi connectivity index (χ1n) is 6.62. The Balaban J connectivity index is 1.60. The van der Waals surface area contributed by atoms with E-state index in [0.717, 1.165) is 27.0 Å². The average molecular weight is 304 g/mol. The molecule has 1 aromatic rings. The van der Waals surface area contributed by atoms with Gasteiger partial charge in [-0.25, -0.2) is 0 Å². The van der Waals surface area contributed by atoms with Gasteiger partial charge in [-0.3, -0.25) is 0 Å². The van der Waals surface area contributed by atoms with Crippen LogP contribution in [0.5, 0.6) is 0 Å². The second kappa shape index (κ2) is 8.40. The third kappa shape index (κ3) is 5.07. The lowest BCUT2D eigenvalue weighted by Gasteiger charge is -2.15. The van der Waals surface area contributed by atoms with Crippen LogP contribution in [0.25, 0.3) is 0 Å². The summed E-state index contributed by atoms with van der Waals surface area (Å²) in [5.41, 5.74) is 0. The first kappa shape index (κ1) is 14.6. The summed E-state index contributed by atoms with van der Waals surface area (Å²) in [5.74, 6) is 1.10. The molecule has 6 heteroatoms. The van der Waals surface area contributed by atoms with Gasteiger partial charge in [-0.05, 0) is 19.1 Å². The summed E-state index contributed by atoms with van der Waals surface area (Å²) < 4.78 is 2.16. The zero-order valence-corrected chi connectivity index (χ0v) is 13.3. The summed E-state index contributed by atoms with van der Waals surface area (Å²) in [7, 11) is 0. The van der Waals surface area contributed by atoms with E-state index < -0.39 is 0 Å². The van der Waals surface area contributed by atoms with E-state index in [9.17, 15) is 0 Å². The standard InChI is InChI=1S/C12H21N3S3/c1-16-11-14-15-12(18-11)17-9-8-13-10-6-4-2-3-5-7-10/h10,13H,2-9H2,1H3. The Hall–Kier alpha value is 0.220. The SMILES string of the molecule is CSc1nnc(SCCNC2CCCCCC2)s1. The molecule has 1 heterocycles. The molecule has 1 aromatic heterocycles. The minimum atomic E-state index is 0.754. The molecule has 0 aliphatic heterocycles. The van der Waals surface area contributed by atoms with Gasteiger partial charge in [-0.2, -0.15) is 0 Å². The monoisotopic (exact) mass is 303 g/mol. The van der Waals surface area contributed by atoms with Crippen LogP contribution in [-0.2, 0) is 0 Å². The molecule has 1 saturated carbocycles. The van der Waals surface area contributed by atoms with Crippen LogP contribution in [0.1, 0.15) is 38.5 Å². The van der Waals surface area contributed by atoms with Crippen molar-refractivity contribution in [2.75, 3.05) is 18.6 Å². The molecule has 0 spiro atoms. The number of aromatic nitrogens is 2. The molecule has 102 valence electrons. The first-order valence-corrected chi connectivity index (χ1v) is 9.65. The number of hydrogen-bond acceptors (Lipinski definition) is 6. The summed E-state index contributed by atoms with van der Waals surface area (Å²) in [6.45, 7) is 1.09. The number of hydrogen-bond donors (Lipinski definition) is 1. The highest BCUT2D eigenvalue weighted by Gasteiger charge is 2.11. The Labute approximate surface area is 122 Å². The molecule has 1 N–H and O–H groups in total. The van der Waals surface area contributed by atoms with Crippen molar-refractivity contribution >= 4 is 34.9 Å². The zero-order chi connectivity index (χ0) is 12.6. The molecule has 0 aromatic carbocycles. The van der Waals surface area contributed by atoms with Gasteiger partial charge in [0, 0.05) is 18.3 Å². The highest BCUT2D eigenvalue weighted by molar-refractivity contribution is 8.02. The van der Waals surface area contributed by atoms with E-state index in [4.69, 9.17) is 0 Å². The second-order valence-electron chi connectivity index (χ2n) is 4.53. The summed E-state index contributed by atoms with van der Waals surface area (Å²) in [4.78, 5) is 0. The normalized spacial score (nSPS) is 17.8. The van der Waals surface area contributed by atoms with Crippen molar-refractivity contribution in [2.45, 2.75) is 53.2 Å². The van der Waals surface area contributed by atoms with Gasteiger partial charge in [0.25, 0.3) is 0 Å². The Morgan fingerprint density at radius 3 is 2.56 bits per heavy atom. The van der Waals surface area contributed by atoms with Crippen LogP contribution in [0.15, 0.2) is 8.68 Å². The molecule has 0 saturated heterocycles.